The van der Waals surface area contributed by atoms with Crippen molar-refractivity contribution in [2.75, 3.05) is 4.90 Å². The molecule has 0 bridgehead atoms. The molecule has 0 unspecified atom stereocenters. The van der Waals surface area contributed by atoms with Crippen molar-refractivity contribution in [1.29, 1.82) is 0 Å². The van der Waals surface area contributed by atoms with Crippen LogP contribution in [0.5, 0.6) is 0 Å². The first-order chi connectivity index (χ1) is 19.8. The molecule has 3 heterocycles. The van der Waals surface area contributed by atoms with Crippen molar-refractivity contribution in [2.24, 2.45) is 0 Å². The summed E-state index contributed by atoms with van der Waals surface area (Å²) in [7, 11) is 0. The third-order valence-electron chi connectivity index (χ3n) is 7.77. The van der Waals surface area contributed by atoms with Crippen molar-refractivity contribution in [3.05, 3.63) is 127 Å². The maximum atomic E-state index is 2.57. The van der Waals surface area contributed by atoms with Gasteiger partial charge in [-0.2, -0.15) is 0 Å². The van der Waals surface area contributed by atoms with Gasteiger partial charge in [-0.3, -0.25) is 0 Å². The highest BCUT2D eigenvalue weighted by molar-refractivity contribution is 8.01. The Morgan fingerprint density at radius 3 is 0.800 bits per heavy atom. The molecule has 6 aromatic rings. The van der Waals surface area contributed by atoms with Crippen molar-refractivity contribution >= 4 is 52.3 Å². The monoisotopic (exact) mass is 563 g/mol. The third kappa shape index (κ3) is 3.46. The van der Waals surface area contributed by atoms with Crippen LogP contribution < -0.4 is 4.90 Å². The first-order valence-electron chi connectivity index (χ1n) is 13.3. The molecular formula is C36H21NS3. The van der Waals surface area contributed by atoms with Crippen molar-refractivity contribution in [1.82, 2.24) is 0 Å². The highest BCUT2D eigenvalue weighted by Gasteiger charge is 2.39. The Morgan fingerprint density at radius 1 is 0.300 bits per heavy atom. The lowest BCUT2D eigenvalue weighted by atomic mass is 10.0. The Kier molecular flexibility index (Phi) is 5.07. The average Bonchev–Trinajstić information content (AvgIpc) is 3.01. The molecule has 1 nitrogen and oxygen atoms in total. The highest BCUT2D eigenvalue weighted by atomic mass is 32.2. The van der Waals surface area contributed by atoms with Gasteiger partial charge in [0.15, 0.2) is 0 Å². The molecule has 0 aliphatic carbocycles. The first kappa shape index (κ1) is 22.9. The van der Waals surface area contributed by atoms with Crippen molar-refractivity contribution in [3.8, 4) is 33.4 Å². The van der Waals surface area contributed by atoms with Gasteiger partial charge in [0, 0.05) is 29.4 Å². The molecule has 0 radical (unpaired) electrons. The Hall–Kier alpha value is -3.83. The van der Waals surface area contributed by atoms with Gasteiger partial charge in [0.2, 0.25) is 0 Å². The molecule has 0 atom stereocenters. The van der Waals surface area contributed by atoms with Crippen LogP contribution in [0.1, 0.15) is 0 Å². The second-order valence-corrected chi connectivity index (χ2v) is 13.5. The van der Waals surface area contributed by atoms with Crippen molar-refractivity contribution < 1.29 is 0 Å². The normalized spacial score (nSPS) is 13.7. The minimum absolute atomic E-state index is 1.26. The van der Waals surface area contributed by atoms with Crippen LogP contribution in [0.3, 0.4) is 0 Å². The molecule has 0 amide bonds. The van der Waals surface area contributed by atoms with E-state index < -0.39 is 0 Å². The highest BCUT2D eigenvalue weighted by Crippen LogP contribution is 2.67. The van der Waals surface area contributed by atoms with E-state index in [0.717, 1.165) is 0 Å². The van der Waals surface area contributed by atoms with E-state index in [1.165, 1.54) is 79.8 Å². The van der Waals surface area contributed by atoms with Crippen LogP contribution in [0, 0.1) is 0 Å². The molecular weight excluding hydrogens is 543 g/mol. The molecule has 0 saturated carbocycles. The van der Waals surface area contributed by atoms with E-state index in [-0.39, 0.29) is 0 Å². The van der Waals surface area contributed by atoms with Gasteiger partial charge in [0.25, 0.3) is 0 Å². The van der Waals surface area contributed by atoms with E-state index in [4.69, 9.17) is 0 Å². The van der Waals surface area contributed by atoms with Crippen LogP contribution in [-0.4, -0.2) is 0 Å². The predicted octanol–water partition coefficient (Wildman–Crippen LogP) is 11.6. The average molecular weight is 564 g/mol. The van der Waals surface area contributed by atoms with E-state index in [2.05, 4.69) is 132 Å². The number of nitrogens with zero attached hydrogens (tertiary/aromatic N) is 1. The summed E-state index contributed by atoms with van der Waals surface area (Å²) >= 11 is 5.75. The van der Waals surface area contributed by atoms with Gasteiger partial charge in [-0.05, 0) is 69.8 Å². The van der Waals surface area contributed by atoms with Crippen molar-refractivity contribution in [3.63, 3.8) is 0 Å². The van der Waals surface area contributed by atoms with Crippen molar-refractivity contribution in [2.45, 2.75) is 29.4 Å². The van der Waals surface area contributed by atoms with E-state index in [0.29, 0.717) is 0 Å². The number of anilines is 3. The lowest BCUT2D eigenvalue weighted by Crippen LogP contribution is -2.22. The van der Waals surface area contributed by atoms with Crippen LogP contribution in [0.2, 0.25) is 0 Å². The zero-order chi connectivity index (χ0) is 26.2. The number of hydrogen-bond donors (Lipinski definition) is 0. The number of rotatable bonds is 3. The first-order valence-corrected chi connectivity index (χ1v) is 15.8. The van der Waals surface area contributed by atoms with Gasteiger partial charge in [-0.15, -0.1) is 0 Å². The molecule has 0 spiro atoms. The van der Waals surface area contributed by atoms with Gasteiger partial charge in [-0.1, -0.05) is 126 Å². The SMILES string of the molecule is c1ccc(-c2cc3c4c(c2)Sc2cc(-c5ccccc5)cc5c2N4c2c(cc(-c4ccccc4)cc2S5)S3)cc1. The molecule has 0 N–H and O–H groups in total. The van der Waals surface area contributed by atoms with Gasteiger partial charge in [0.1, 0.15) is 0 Å². The quantitative estimate of drug-likeness (QED) is 0.210. The molecule has 9 rings (SSSR count). The summed E-state index contributed by atoms with van der Waals surface area (Å²) in [6.45, 7) is 0. The number of hydrogen-bond acceptors (Lipinski definition) is 4. The standard InChI is InChI=1S/C36H21NS3/c1-4-10-22(11-5-1)25-16-28-34-29(17-25)39-31-19-27(24-14-8-3-9-15-24)21-33-36(31)37(34)35-30(38-28)18-26(20-32(35)40-33)23-12-6-2-7-13-23/h1-21H. The molecule has 40 heavy (non-hydrogen) atoms. The third-order valence-corrected chi connectivity index (χ3v) is 11.0. The minimum Gasteiger partial charge on any atom is -0.304 e. The zero-order valence-electron chi connectivity index (χ0n) is 21.3. The van der Waals surface area contributed by atoms with Crippen LogP contribution in [-0.2, 0) is 0 Å². The summed E-state index contributed by atoms with van der Waals surface area (Å²) in [5.41, 5.74) is 11.6. The van der Waals surface area contributed by atoms with Gasteiger partial charge < -0.3 is 4.90 Å². The van der Waals surface area contributed by atoms with Gasteiger partial charge in [-0.25, -0.2) is 0 Å². The van der Waals surface area contributed by atoms with Crippen LogP contribution in [0.25, 0.3) is 33.4 Å². The predicted molar refractivity (Wildman–Crippen MR) is 170 cm³/mol. The van der Waals surface area contributed by atoms with Crippen LogP contribution >= 0.6 is 35.3 Å². The molecule has 6 aromatic carbocycles. The van der Waals surface area contributed by atoms with Crippen LogP contribution in [0.4, 0.5) is 17.1 Å². The van der Waals surface area contributed by atoms with E-state index >= 15 is 0 Å². The summed E-state index contributed by atoms with van der Waals surface area (Å²) in [6, 6.07) is 46.7. The molecule has 4 heteroatoms. The molecule has 0 saturated heterocycles. The van der Waals surface area contributed by atoms with Crippen LogP contribution in [0.15, 0.2) is 157 Å². The summed E-state index contributed by atoms with van der Waals surface area (Å²) in [4.78, 5) is 10.5. The van der Waals surface area contributed by atoms with E-state index in [1.807, 2.05) is 35.3 Å². The Balaban J connectivity index is 1.32. The second kappa shape index (κ2) is 8.84. The maximum absolute atomic E-state index is 2.57. The molecule has 188 valence electrons. The van der Waals surface area contributed by atoms with E-state index in [9.17, 15) is 0 Å². The lowest BCUT2D eigenvalue weighted by molar-refractivity contribution is 1.02. The largest absolute Gasteiger partial charge is 0.304 e. The fourth-order valence-corrected chi connectivity index (χ4v) is 9.76. The zero-order valence-corrected chi connectivity index (χ0v) is 23.7. The Morgan fingerprint density at radius 2 is 0.550 bits per heavy atom. The lowest BCUT2D eigenvalue weighted by Gasteiger charge is -2.43. The molecule has 3 aliphatic heterocycles. The van der Waals surface area contributed by atoms with E-state index in [1.54, 1.807) is 0 Å². The summed E-state index contributed by atoms with van der Waals surface area (Å²) in [5, 5.41) is 0. The summed E-state index contributed by atoms with van der Waals surface area (Å²) in [6.07, 6.45) is 0. The fourth-order valence-electron chi connectivity index (χ4n) is 5.96. The second-order valence-electron chi connectivity index (χ2n) is 10.2. The molecule has 3 aliphatic rings. The Bertz CT molecular complexity index is 1670. The number of benzene rings is 6. The molecule has 0 aromatic heterocycles. The summed E-state index contributed by atoms with van der Waals surface area (Å²) < 4.78 is 0. The minimum atomic E-state index is 1.26. The van der Waals surface area contributed by atoms with Gasteiger partial charge >= 0.3 is 0 Å². The Labute approximate surface area is 246 Å². The smallest absolute Gasteiger partial charge is 0.0743 e. The van der Waals surface area contributed by atoms with Gasteiger partial charge in [0.05, 0.1) is 17.1 Å². The fraction of sp³-hybridized carbons (Fsp3) is 0. The maximum Gasteiger partial charge on any atom is 0.0743 e. The topological polar surface area (TPSA) is 3.24 Å². The molecule has 0 fully saturated rings. The summed E-state index contributed by atoms with van der Waals surface area (Å²) in [5.74, 6) is 0.